The van der Waals surface area contributed by atoms with Crippen molar-refractivity contribution in [2.75, 3.05) is 5.01 Å². The van der Waals surface area contributed by atoms with Gasteiger partial charge in [0.1, 0.15) is 0 Å². The first-order valence-corrected chi connectivity index (χ1v) is 11.4. The molecule has 1 aliphatic heterocycles. The lowest BCUT2D eigenvalue weighted by atomic mass is 9.95. The molecule has 1 unspecified atom stereocenters. The Morgan fingerprint density at radius 3 is 2.60 bits per heavy atom. The molecule has 8 nitrogen and oxygen atoms in total. The molecule has 0 bridgehead atoms. The largest absolute Gasteiger partial charge is 0.358 e. The normalized spacial score (nSPS) is 15.2. The number of aromatic nitrogens is 4. The smallest absolute Gasteiger partial charge is 0.281 e. The van der Waals surface area contributed by atoms with Crippen molar-refractivity contribution in [2.45, 2.75) is 26.4 Å². The molecule has 0 radical (unpaired) electrons. The van der Waals surface area contributed by atoms with Gasteiger partial charge >= 0.3 is 0 Å². The second kappa shape index (κ2) is 9.82. The summed E-state index contributed by atoms with van der Waals surface area (Å²) in [4.78, 5) is 28.9. The van der Waals surface area contributed by atoms with Gasteiger partial charge in [-0.3, -0.25) is 14.8 Å². The molecule has 0 saturated heterocycles. The van der Waals surface area contributed by atoms with Gasteiger partial charge < -0.3 is 10.3 Å². The summed E-state index contributed by atoms with van der Waals surface area (Å²) >= 11 is 0. The van der Waals surface area contributed by atoms with Crippen LogP contribution >= 0.6 is 0 Å². The number of aryl methyl sites for hydroxylation is 1. The number of carbonyl (C=O) groups is 1. The molecular formula is C27H25N7O. The van der Waals surface area contributed by atoms with Gasteiger partial charge in [0, 0.05) is 54.3 Å². The Morgan fingerprint density at radius 1 is 1.06 bits per heavy atom. The second-order valence-electron chi connectivity index (χ2n) is 8.30. The van der Waals surface area contributed by atoms with Crippen molar-refractivity contribution in [3.8, 4) is 11.1 Å². The van der Waals surface area contributed by atoms with E-state index in [0.717, 1.165) is 34.6 Å². The van der Waals surface area contributed by atoms with Crippen LogP contribution in [0.15, 0.2) is 84.1 Å². The lowest BCUT2D eigenvalue weighted by Gasteiger charge is -2.17. The van der Waals surface area contributed by atoms with E-state index in [4.69, 9.17) is 0 Å². The van der Waals surface area contributed by atoms with Gasteiger partial charge in [-0.05, 0) is 48.7 Å². The molecule has 1 aromatic carbocycles. The molecule has 1 atom stereocenters. The highest BCUT2D eigenvalue weighted by Gasteiger charge is 2.27. The van der Waals surface area contributed by atoms with Crippen molar-refractivity contribution in [1.29, 1.82) is 0 Å². The molecule has 35 heavy (non-hydrogen) atoms. The number of carbonyl (C=O) groups excluding carboxylic acids is 1. The van der Waals surface area contributed by atoms with Crippen LogP contribution in [0.25, 0.3) is 17.2 Å². The number of rotatable bonds is 7. The van der Waals surface area contributed by atoms with Crippen molar-refractivity contribution in [2.24, 2.45) is 5.10 Å². The third kappa shape index (κ3) is 4.64. The minimum absolute atomic E-state index is 0.0609. The van der Waals surface area contributed by atoms with Gasteiger partial charge in [0.05, 0.1) is 18.0 Å². The number of H-pyrrole nitrogens is 1. The molecule has 0 saturated carbocycles. The Balaban J connectivity index is 1.50. The lowest BCUT2D eigenvalue weighted by molar-refractivity contribution is -0.114. The standard InChI is InChI=1S/C27H25N7O/c1-18(31-15-20-8-10-28-11-9-20)25-19(2)33-23(26(25)21-6-4-3-5-7-21)14-22-16-32-34(27(22)35)24-17-29-12-13-30-24/h3-14,16-18,31,33H,15H2,1-2H3/b22-14+. The van der Waals surface area contributed by atoms with E-state index in [1.807, 2.05) is 36.4 Å². The van der Waals surface area contributed by atoms with E-state index in [0.29, 0.717) is 11.4 Å². The SMILES string of the molecule is Cc1[nH]c(/C=C2\C=NN(c3cnccn3)C2=O)c(-c2ccccc2)c1C(C)NCc1ccncc1. The van der Waals surface area contributed by atoms with Crippen LogP contribution in [0.1, 0.15) is 35.5 Å². The molecule has 1 aliphatic rings. The molecule has 4 aromatic rings. The van der Waals surface area contributed by atoms with Crippen LogP contribution < -0.4 is 10.3 Å². The molecule has 2 N–H and O–H groups in total. The Morgan fingerprint density at radius 2 is 1.86 bits per heavy atom. The van der Waals surface area contributed by atoms with E-state index in [9.17, 15) is 4.79 Å². The Kier molecular flexibility index (Phi) is 6.28. The average molecular weight is 464 g/mol. The van der Waals surface area contributed by atoms with Gasteiger partial charge in [0.25, 0.3) is 5.91 Å². The number of hydrogen-bond acceptors (Lipinski definition) is 6. The van der Waals surface area contributed by atoms with Crippen LogP contribution in [0.5, 0.6) is 0 Å². The Hall–Kier alpha value is -4.43. The molecule has 5 rings (SSSR count). The zero-order valence-corrected chi connectivity index (χ0v) is 19.5. The Bertz CT molecular complexity index is 1380. The lowest BCUT2D eigenvalue weighted by Crippen LogP contribution is -2.22. The number of amides is 1. The van der Waals surface area contributed by atoms with Crippen LogP contribution in [0.3, 0.4) is 0 Å². The summed E-state index contributed by atoms with van der Waals surface area (Å²) in [6.45, 7) is 4.93. The number of hydrogen-bond donors (Lipinski definition) is 2. The van der Waals surface area contributed by atoms with Crippen molar-refractivity contribution in [1.82, 2.24) is 25.3 Å². The summed E-state index contributed by atoms with van der Waals surface area (Å²) in [6.07, 6.45) is 11.6. The molecule has 0 fully saturated rings. The maximum Gasteiger partial charge on any atom is 0.281 e. The monoisotopic (exact) mass is 463 g/mol. The predicted octanol–water partition coefficient (Wildman–Crippen LogP) is 4.44. The van der Waals surface area contributed by atoms with Crippen LogP contribution in [0, 0.1) is 6.92 Å². The van der Waals surface area contributed by atoms with Gasteiger partial charge in [-0.25, -0.2) is 4.98 Å². The number of pyridine rings is 1. The van der Waals surface area contributed by atoms with E-state index < -0.39 is 0 Å². The maximum atomic E-state index is 13.1. The minimum atomic E-state index is -0.248. The van der Waals surface area contributed by atoms with Crippen molar-refractivity contribution in [3.63, 3.8) is 0 Å². The fourth-order valence-electron chi connectivity index (χ4n) is 4.27. The van der Waals surface area contributed by atoms with Crippen molar-refractivity contribution < 1.29 is 4.79 Å². The number of nitrogens with one attached hydrogen (secondary N) is 2. The topological polar surface area (TPSA) is 99.2 Å². The highest BCUT2D eigenvalue weighted by molar-refractivity contribution is 6.25. The first-order chi connectivity index (χ1) is 17.1. The Labute approximate surface area is 203 Å². The van der Waals surface area contributed by atoms with Crippen molar-refractivity contribution in [3.05, 3.63) is 102 Å². The summed E-state index contributed by atoms with van der Waals surface area (Å²) in [5, 5.41) is 9.14. The highest BCUT2D eigenvalue weighted by atomic mass is 16.2. The number of nitrogens with zero attached hydrogens (tertiary/aromatic N) is 5. The van der Waals surface area contributed by atoms with Crippen molar-refractivity contribution >= 4 is 24.0 Å². The quantitative estimate of drug-likeness (QED) is 0.395. The van der Waals surface area contributed by atoms with E-state index >= 15 is 0 Å². The number of aromatic amines is 1. The highest BCUT2D eigenvalue weighted by Crippen LogP contribution is 2.36. The summed E-state index contributed by atoms with van der Waals surface area (Å²) in [5.74, 6) is 0.139. The van der Waals surface area contributed by atoms with E-state index in [2.05, 4.69) is 56.3 Å². The van der Waals surface area contributed by atoms with Gasteiger partial charge in [-0.2, -0.15) is 10.1 Å². The molecule has 0 aliphatic carbocycles. The van der Waals surface area contributed by atoms with E-state index in [1.54, 1.807) is 24.8 Å². The molecule has 174 valence electrons. The van der Waals surface area contributed by atoms with E-state index in [-0.39, 0.29) is 11.9 Å². The zero-order valence-electron chi connectivity index (χ0n) is 19.5. The van der Waals surface area contributed by atoms with Gasteiger partial charge in [-0.1, -0.05) is 30.3 Å². The molecule has 3 aromatic heterocycles. The maximum absolute atomic E-state index is 13.1. The van der Waals surface area contributed by atoms with Gasteiger partial charge in [-0.15, -0.1) is 0 Å². The van der Waals surface area contributed by atoms with Crippen LogP contribution in [0.2, 0.25) is 0 Å². The molecular weight excluding hydrogens is 438 g/mol. The third-order valence-electron chi connectivity index (χ3n) is 5.94. The average Bonchev–Trinajstić information content (AvgIpc) is 3.43. The van der Waals surface area contributed by atoms with Crippen LogP contribution in [0.4, 0.5) is 5.82 Å². The number of hydrazone groups is 1. The molecule has 4 heterocycles. The predicted molar refractivity (Wildman–Crippen MR) is 136 cm³/mol. The summed E-state index contributed by atoms with van der Waals surface area (Å²) in [5.41, 5.74) is 6.83. The molecule has 0 spiro atoms. The summed E-state index contributed by atoms with van der Waals surface area (Å²) < 4.78 is 0. The number of anilines is 1. The first kappa shape index (κ1) is 22.4. The zero-order chi connectivity index (χ0) is 24.2. The first-order valence-electron chi connectivity index (χ1n) is 11.4. The molecule has 8 heteroatoms. The minimum Gasteiger partial charge on any atom is -0.358 e. The number of benzene rings is 1. The second-order valence-corrected chi connectivity index (χ2v) is 8.30. The fourth-order valence-corrected chi connectivity index (χ4v) is 4.27. The van der Waals surface area contributed by atoms with Gasteiger partial charge in [0.15, 0.2) is 5.82 Å². The third-order valence-corrected chi connectivity index (χ3v) is 5.94. The summed E-state index contributed by atoms with van der Waals surface area (Å²) in [7, 11) is 0. The van der Waals surface area contributed by atoms with E-state index in [1.165, 1.54) is 23.0 Å². The fraction of sp³-hybridized carbons (Fsp3) is 0.148. The van der Waals surface area contributed by atoms with Crippen LogP contribution in [-0.4, -0.2) is 32.1 Å². The van der Waals surface area contributed by atoms with Gasteiger partial charge in [0.2, 0.25) is 0 Å². The molecule has 1 amide bonds. The summed E-state index contributed by atoms with van der Waals surface area (Å²) in [6, 6.07) is 14.3. The van der Waals surface area contributed by atoms with Crippen LogP contribution in [-0.2, 0) is 11.3 Å².